The summed E-state index contributed by atoms with van der Waals surface area (Å²) in [5.74, 6) is 1.23. The Balaban J connectivity index is 1.59. The molecule has 1 aromatic heterocycles. The molecule has 1 aliphatic rings. The second-order valence-corrected chi connectivity index (χ2v) is 7.47. The number of benzene rings is 3. The maximum atomic E-state index is 13.2. The minimum Gasteiger partial charge on any atom is -0.454 e. The van der Waals surface area contributed by atoms with Crippen LogP contribution in [0, 0.1) is 13.8 Å². The van der Waals surface area contributed by atoms with Gasteiger partial charge in [0.1, 0.15) is 0 Å². The zero-order valence-corrected chi connectivity index (χ0v) is 16.7. The van der Waals surface area contributed by atoms with Crippen molar-refractivity contribution in [2.24, 2.45) is 0 Å². The first-order chi connectivity index (χ1) is 14.6. The van der Waals surface area contributed by atoms with E-state index in [-0.39, 0.29) is 12.7 Å². The first-order valence-corrected chi connectivity index (χ1v) is 9.76. The highest BCUT2D eigenvalue weighted by Gasteiger charge is 2.18. The van der Waals surface area contributed by atoms with E-state index in [1.165, 1.54) is 0 Å². The van der Waals surface area contributed by atoms with Crippen LogP contribution >= 0.6 is 0 Å². The number of aryl methyl sites for hydroxylation is 2. The topological polar surface area (TPSA) is 60.5 Å². The lowest BCUT2D eigenvalue weighted by Gasteiger charge is -2.12. The van der Waals surface area contributed by atoms with E-state index < -0.39 is 0 Å². The summed E-state index contributed by atoms with van der Waals surface area (Å²) in [7, 11) is 0. The van der Waals surface area contributed by atoms with Gasteiger partial charge in [-0.3, -0.25) is 4.79 Å². The minimum absolute atomic E-state index is 0.166. The first-order valence-electron chi connectivity index (χ1n) is 9.76. The number of amides is 1. The smallest absolute Gasteiger partial charge is 0.256 e. The fourth-order valence-corrected chi connectivity index (χ4v) is 3.81. The Hall–Kier alpha value is -3.86. The number of anilines is 1. The van der Waals surface area contributed by atoms with Crippen LogP contribution in [-0.4, -0.2) is 17.7 Å². The fourth-order valence-electron chi connectivity index (χ4n) is 3.81. The van der Waals surface area contributed by atoms with Crippen molar-refractivity contribution in [2.75, 3.05) is 12.1 Å². The lowest BCUT2D eigenvalue weighted by molar-refractivity contribution is 0.102. The number of rotatable bonds is 3. The maximum Gasteiger partial charge on any atom is 0.256 e. The van der Waals surface area contributed by atoms with Crippen molar-refractivity contribution in [1.82, 2.24) is 4.98 Å². The van der Waals surface area contributed by atoms with Crippen molar-refractivity contribution < 1.29 is 14.3 Å². The molecule has 148 valence electrons. The first kappa shape index (κ1) is 18.2. The normalized spacial score (nSPS) is 12.2. The Morgan fingerprint density at radius 1 is 0.900 bits per heavy atom. The molecule has 0 unspecified atom stereocenters. The number of fused-ring (bicyclic) bond motifs is 2. The van der Waals surface area contributed by atoms with E-state index in [1.807, 2.05) is 74.5 Å². The number of para-hydroxylation sites is 1. The third-order valence-electron chi connectivity index (χ3n) is 5.11. The number of carbonyl (C=O) groups is 1. The van der Waals surface area contributed by atoms with Gasteiger partial charge < -0.3 is 14.8 Å². The van der Waals surface area contributed by atoms with Crippen LogP contribution in [0.3, 0.4) is 0 Å². The highest BCUT2D eigenvalue weighted by Crippen LogP contribution is 2.36. The number of nitrogens with one attached hydrogen (secondary N) is 1. The van der Waals surface area contributed by atoms with Gasteiger partial charge in [0.05, 0.1) is 16.8 Å². The summed E-state index contributed by atoms with van der Waals surface area (Å²) in [4.78, 5) is 18.0. The summed E-state index contributed by atoms with van der Waals surface area (Å²) < 4.78 is 10.9. The van der Waals surface area contributed by atoms with Crippen molar-refractivity contribution >= 4 is 22.5 Å². The molecule has 5 heteroatoms. The molecule has 5 rings (SSSR count). The maximum absolute atomic E-state index is 13.2. The van der Waals surface area contributed by atoms with Crippen LogP contribution in [0.1, 0.15) is 21.5 Å². The van der Waals surface area contributed by atoms with E-state index in [0.717, 1.165) is 33.3 Å². The molecule has 3 aromatic carbocycles. The quantitative estimate of drug-likeness (QED) is 0.497. The van der Waals surface area contributed by atoms with Crippen LogP contribution in [0.2, 0.25) is 0 Å². The van der Waals surface area contributed by atoms with Crippen molar-refractivity contribution in [3.05, 3.63) is 83.4 Å². The third kappa shape index (κ3) is 3.35. The van der Waals surface area contributed by atoms with Gasteiger partial charge in [0, 0.05) is 16.6 Å². The monoisotopic (exact) mass is 396 g/mol. The number of nitrogens with zero attached hydrogens (tertiary/aromatic N) is 1. The Kier molecular flexibility index (Phi) is 4.36. The second-order valence-electron chi connectivity index (χ2n) is 7.47. The molecule has 0 bridgehead atoms. The van der Waals surface area contributed by atoms with E-state index in [2.05, 4.69) is 11.4 Å². The number of hydrogen-bond donors (Lipinski definition) is 1. The molecule has 1 amide bonds. The molecule has 1 aliphatic heterocycles. The lowest BCUT2D eigenvalue weighted by atomic mass is 10.0. The van der Waals surface area contributed by atoms with Crippen molar-refractivity contribution in [3.63, 3.8) is 0 Å². The number of pyridine rings is 1. The molecule has 1 N–H and O–H groups in total. The van der Waals surface area contributed by atoms with Crippen LogP contribution in [0.5, 0.6) is 11.5 Å². The van der Waals surface area contributed by atoms with Crippen molar-refractivity contribution in [1.29, 1.82) is 0 Å². The van der Waals surface area contributed by atoms with Gasteiger partial charge >= 0.3 is 0 Å². The van der Waals surface area contributed by atoms with Gasteiger partial charge in [0.15, 0.2) is 11.5 Å². The largest absolute Gasteiger partial charge is 0.454 e. The van der Waals surface area contributed by atoms with Crippen LogP contribution in [-0.2, 0) is 0 Å². The second kappa shape index (κ2) is 7.19. The number of ether oxygens (including phenoxy) is 2. The zero-order valence-electron chi connectivity index (χ0n) is 16.7. The summed E-state index contributed by atoms with van der Waals surface area (Å²) in [5.41, 5.74) is 5.90. The molecule has 2 heterocycles. The molecule has 5 nitrogen and oxygen atoms in total. The highest BCUT2D eigenvalue weighted by molar-refractivity contribution is 6.13. The average Bonchev–Trinajstić information content (AvgIpc) is 3.20. The molecule has 0 saturated heterocycles. The Labute approximate surface area is 174 Å². The molecule has 0 atom stereocenters. The minimum atomic E-state index is -0.166. The summed E-state index contributed by atoms with van der Waals surface area (Å²) in [5, 5.41) is 3.85. The third-order valence-corrected chi connectivity index (χ3v) is 5.11. The average molecular weight is 396 g/mol. The summed E-state index contributed by atoms with van der Waals surface area (Å²) >= 11 is 0. The van der Waals surface area contributed by atoms with Crippen LogP contribution < -0.4 is 14.8 Å². The molecular formula is C25H20N2O3. The van der Waals surface area contributed by atoms with Crippen LogP contribution in [0.4, 0.5) is 5.69 Å². The number of carbonyl (C=O) groups excluding carboxylic acids is 1. The van der Waals surface area contributed by atoms with Crippen LogP contribution in [0.15, 0.2) is 66.7 Å². The van der Waals surface area contributed by atoms with Gasteiger partial charge in [0.25, 0.3) is 5.91 Å². The molecule has 0 fully saturated rings. The molecule has 0 saturated carbocycles. The van der Waals surface area contributed by atoms with E-state index >= 15 is 0 Å². The van der Waals surface area contributed by atoms with E-state index in [0.29, 0.717) is 22.8 Å². The predicted octanol–water partition coefficient (Wildman–Crippen LogP) is 5.50. The Bertz CT molecular complexity index is 1280. The van der Waals surface area contributed by atoms with Gasteiger partial charge in [-0.05, 0) is 67.4 Å². The summed E-state index contributed by atoms with van der Waals surface area (Å²) in [6.07, 6.45) is 0. The number of aromatic nitrogens is 1. The van der Waals surface area contributed by atoms with Gasteiger partial charge in [-0.2, -0.15) is 0 Å². The van der Waals surface area contributed by atoms with Gasteiger partial charge in [-0.15, -0.1) is 0 Å². The molecule has 0 aliphatic carbocycles. The predicted molar refractivity (Wildman–Crippen MR) is 117 cm³/mol. The molecule has 0 spiro atoms. The fraction of sp³-hybridized carbons (Fsp3) is 0.120. The van der Waals surface area contributed by atoms with Gasteiger partial charge in [-0.25, -0.2) is 4.98 Å². The van der Waals surface area contributed by atoms with Gasteiger partial charge in [-0.1, -0.05) is 24.3 Å². The molecule has 4 aromatic rings. The highest BCUT2D eigenvalue weighted by atomic mass is 16.7. The number of hydrogen-bond acceptors (Lipinski definition) is 4. The molecular weight excluding hydrogens is 376 g/mol. The molecule has 0 radical (unpaired) electrons. The molecule has 30 heavy (non-hydrogen) atoms. The van der Waals surface area contributed by atoms with E-state index in [4.69, 9.17) is 14.5 Å². The van der Waals surface area contributed by atoms with Crippen molar-refractivity contribution in [3.8, 4) is 22.8 Å². The van der Waals surface area contributed by atoms with E-state index in [9.17, 15) is 4.79 Å². The summed E-state index contributed by atoms with van der Waals surface area (Å²) in [6, 6.07) is 21.2. The summed E-state index contributed by atoms with van der Waals surface area (Å²) in [6.45, 7) is 4.25. The standard InChI is InChI=1S/C25H20N2O3/c1-15-9-16(2)11-18(10-15)26-25(28)20-13-22(27-21-6-4-3-5-19(20)21)17-7-8-23-24(12-17)30-14-29-23/h3-13H,14H2,1-2H3,(H,26,28). The SMILES string of the molecule is Cc1cc(C)cc(NC(=O)c2cc(-c3ccc4c(c3)OCO4)nc3ccccc23)c1. The Morgan fingerprint density at radius 3 is 2.50 bits per heavy atom. The van der Waals surface area contributed by atoms with Crippen LogP contribution in [0.25, 0.3) is 22.2 Å². The van der Waals surface area contributed by atoms with Gasteiger partial charge in [0.2, 0.25) is 6.79 Å². The zero-order chi connectivity index (χ0) is 20.7. The lowest BCUT2D eigenvalue weighted by Crippen LogP contribution is -2.13. The van der Waals surface area contributed by atoms with Crippen molar-refractivity contribution in [2.45, 2.75) is 13.8 Å². The Morgan fingerprint density at radius 2 is 1.67 bits per heavy atom. The van der Waals surface area contributed by atoms with E-state index in [1.54, 1.807) is 0 Å².